The lowest BCUT2D eigenvalue weighted by Gasteiger charge is -2.26. The number of halogens is 5. The molecule has 3 nitrogen and oxygen atoms in total. The molecule has 1 N–H and O–H groups in total. The van der Waals surface area contributed by atoms with Crippen LogP contribution >= 0.6 is 15.9 Å². The van der Waals surface area contributed by atoms with Gasteiger partial charge in [0, 0.05) is 16.9 Å². The van der Waals surface area contributed by atoms with Crippen LogP contribution in [0.1, 0.15) is 12.6 Å². The zero-order valence-corrected chi connectivity index (χ0v) is 11.5. The van der Waals surface area contributed by atoms with E-state index in [0.717, 1.165) is 10.7 Å². The van der Waals surface area contributed by atoms with Gasteiger partial charge in [0.25, 0.3) is 0 Å². The van der Waals surface area contributed by atoms with Gasteiger partial charge in [0.2, 0.25) is 0 Å². The summed E-state index contributed by atoms with van der Waals surface area (Å²) in [4.78, 5) is 0. The van der Waals surface area contributed by atoms with Gasteiger partial charge in [0.05, 0.1) is 5.69 Å². The van der Waals surface area contributed by atoms with Gasteiger partial charge in [-0.3, -0.25) is 4.68 Å². The van der Waals surface area contributed by atoms with Crippen LogP contribution in [-0.2, 0) is 12.6 Å². The first kappa shape index (κ1) is 14.3. The van der Waals surface area contributed by atoms with Gasteiger partial charge < -0.3 is 5.11 Å². The maximum Gasteiger partial charge on any atom is 0.422 e. The zero-order chi connectivity index (χ0) is 14.6. The number of aryl methyl sites for hydroxylation is 1. The molecule has 104 valence electrons. The van der Waals surface area contributed by atoms with Crippen molar-refractivity contribution in [3.63, 3.8) is 0 Å². The molecular formula is C11H9BrF4N2O. The summed E-state index contributed by atoms with van der Waals surface area (Å²) in [6.45, 7) is 0.613. The van der Waals surface area contributed by atoms with Gasteiger partial charge in [-0.1, -0.05) is 15.9 Å². The van der Waals surface area contributed by atoms with Crippen molar-refractivity contribution in [3.05, 3.63) is 28.1 Å². The molecule has 1 heterocycles. The maximum absolute atomic E-state index is 13.7. The Kier molecular flexibility index (Phi) is 3.13. The molecular weight excluding hydrogens is 332 g/mol. The summed E-state index contributed by atoms with van der Waals surface area (Å²) in [7, 11) is 1.23. The van der Waals surface area contributed by atoms with Crippen LogP contribution in [0, 0.1) is 5.82 Å². The van der Waals surface area contributed by atoms with Crippen LogP contribution in [-0.4, -0.2) is 21.1 Å². The lowest BCUT2D eigenvalue weighted by molar-refractivity contribution is -0.260. The second kappa shape index (κ2) is 4.17. The molecule has 0 aliphatic heterocycles. The molecule has 2 aromatic rings. The summed E-state index contributed by atoms with van der Waals surface area (Å²) in [6, 6.07) is 2.39. The molecule has 0 amide bonds. The van der Waals surface area contributed by atoms with E-state index in [-0.39, 0.29) is 15.4 Å². The summed E-state index contributed by atoms with van der Waals surface area (Å²) in [5, 5.41) is 13.4. The number of alkyl halides is 3. The minimum Gasteiger partial charge on any atom is -0.375 e. The van der Waals surface area contributed by atoms with Gasteiger partial charge in [0.1, 0.15) is 5.52 Å². The van der Waals surface area contributed by atoms with Crippen LogP contribution in [0.4, 0.5) is 17.6 Å². The van der Waals surface area contributed by atoms with E-state index in [1.54, 1.807) is 0 Å². The number of rotatable bonds is 1. The van der Waals surface area contributed by atoms with Crippen LogP contribution in [0.3, 0.4) is 0 Å². The first-order valence-corrected chi connectivity index (χ1v) is 5.96. The molecule has 0 spiro atoms. The highest BCUT2D eigenvalue weighted by Gasteiger charge is 2.53. The van der Waals surface area contributed by atoms with E-state index in [0.29, 0.717) is 6.92 Å². The average Bonchev–Trinajstić information content (AvgIpc) is 2.53. The Morgan fingerprint density at radius 2 is 1.89 bits per heavy atom. The van der Waals surface area contributed by atoms with Crippen molar-refractivity contribution < 1.29 is 22.7 Å². The molecule has 0 bridgehead atoms. The van der Waals surface area contributed by atoms with Crippen LogP contribution < -0.4 is 0 Å². The normalized spacial score (nSPS) is 15.8. The first-order chi connectivity index (χ1) is 8.55. The molecule has 0 saturated heterocycles. The first-order valence-electron chi connectivity index (χ1n) is 5.17. The molecule has 1 aromatic carbocycles. The standard InChI is InChI=1S/C11H9BrF4N2O/c1-10(19,11(14,15)16)9-6-3-5(12)4-7(13)8(6)17-18(9)2/h3-4,19H,1-2H3. The van der Waals surface area contributed by atoms with Gasteiger partial charge in [0.15, 0.2) is 11.4 Å². The number of fused-ring (bicyclic) bond motifs is 1. The smallest absolute Gasteiger partial charge is 0.375 e. The Labute approximate surface area is 114 Å². The van der Waals surface area contributed by atoms with Crippen molar-refractivity contribution in [2.45, 2.75) is 18.7 Å². The van der Waals surface area contributed by atoms with E-state index in [9.17, 15) is 22.7 Å². The van der Waals surface area contributed by atoms with Crippen LogP contribution in [0.25, 0.3) is 10.9 Å². The Balaban J connectivity index is 2.85. The largest absolute Gasteiger partial charge is 0.422 e. The van der Waals surface area contributed by atoms with Crippen molar-refractivity contribution in [3.8, 4) is 0 Å². The van der Waals surface area contributed by atoms with E-state index in [2.05, 4.69) is 21.0 Å². The lowest BCUT2D eigenvalue weighted by atomic mass is 9.98. The Bertz CT molecular complexity index is 648. The topological polar surface area (TPSA) is 38.0 Å². The zero-order valence-electron chi connectivity index (χ0n) is 9.89. The maximum atomic E-state index is 13.7. The summed E-state index contributed by atoms with van der Waals surface area (Å²) in [5.41, 5.74) is -3.84. The van der Waals surface area contributed by atoms with Crippen molar-refractivity contribution in [1.82, 2.24) is 9.78 Å². The van der Waals surface area contributed by atoms with Crippen molar-refractivity contribution in [2.24, 2.45) is 7.05 Å². The van der Waals surface area contributed by atoms with Crippen LogP contribution in [0.2, 0.25) is 0 Å². The number of nitrogens with zero attached hydrogens (tertiary/aromatic N) is 2. The number of aromatic nitrogens is 2. The number of hydrogen-bond donors (Lipinski definition) is 1. The number of hydrogen-bond acceptors (Lipinski definition) is 2. The second-order valence-electron chi connectivity index (χ2n) is 4.33. The van der Waals surface area contributed by atoms with E-state index in [4.69, 9.17) is 0 Å². The monoisotopic (exact) mass is 340 g/mol. The lowest BCUT2D eigenvalue weighted by Crippen LogP contribution is -2.41. The molecule has 0 aliphatic rings. The summed E-state index contributed by atoms with van der Waals surface area (Å²) < 4.78 is 53.5. The fraction of sp³-hybridized carbons (Fsp3) is 0.364. The average molecular weight is 341 g/mol. The quantitative estimate of drug-likeness (QED) is 0.809. The molecule has 0 radical (unpaired) electrons. The van der Waals surface area contributed by atoms with Crippen molar-refractivity contribution in [2.75, 3.05) is 0 Å². The third-order valence-electron chi connectivity index (χ3n) is 2.87. The van der Waals surface area contributed by atoms with E-state index < -0.39 is 23.3 Å². The van der Waals surface area contributed by atoms with E-state index in [1.165, 1.54) is 13.1 Å². The summed E-state index contributed by atoms with van der Waals surface area (Å²) in [6.07, 6.45) is -4.90. The van der Waals surface area contributed by atoms with Crippen molar-refractivity contribution >= 4 is 26.8 Å². The predicted molar refractivity (Wildman–Crippen MR) is 64.0 cm³/mol. The Morgan fingerprint density at radius 3 is 2.42 bits per heavy atom. The molecule has 0 fully saturated rings. The number of benzene rings is 1. The molecule has 0 saturated carbocycles. The van der Waals surface area contributed by atoms with Gasteiger partial charge in [-0.05, 0) is 19.1 Å². The fourth-order valence-corrected chi connectivity index (χ4v) is 2.36. The Morgan fingerprint density at radius 1 is 1.32 bits per heavy atom. The highest BCUT2D eigenvalue weighted by molar-refractivity contribution is 9.10. The molecule has 19 heavy (non-hydrogen) atoms. The van der Waals surface area contributed by atoms with E-state index >= 15 is 0 Å². The van der Waals surface area contributed by atoms with Gasteiger partial charge in [-0.25, -0.2) is 4.39 Å². The molecule has 1 unspecified atom stereocenters. The molecule has 0 aliphatic carbocycles. The molecule has 1 aromatic heterocycles. The van der Waals surface area contributed by atoms with E-state index in [1.807, 2.05) is 0 Å². The summed E-state index contributed by atoms with van der Waals surface area (Å²) >= 11 is 3.00. The van der Waals surface area contributed by atoms with Crippen LogP contribution in [0.15, 0.2) is 16.6 Å². The Hall–Kier alpha value is -1.15. The third-order valence-corrected chi connectivity index (χ3v) is 3.33. The highest BCUT2D eigenvalue weighted by atomic mass is 79.9. The molecule has 1 atom stereocenters. The SMILES string of the molecule is Cn1nc2c(F)cc(Br)cc2c1C(C)(O)C(F)(F)F. The minimum atomic E-state index is -4.90. The second-order valence-corrected chi connectivity index (χ2v) is 5.24. The third kappa shape index (κ3) is 2.12. The van der Waals surface area contributed by atoms with Gasteiger partial charge in [-0.15, -0.1) is 0 Å². The number of aliphatic hydroxyl groups is 1. The van der Waals surface area contributed by atoms with Crippen LogP contribution in [0.5, 0.6) is 0 Å². The summed E-state index contributed by atoms with van der Waals surface area (Å²) in [5.74, 6) is -0.760. The van der Waals surface area contributed by atoms with Crippen molar-refractivity contribution in [1.29, 1.82) is 0 Å². The predicted octanol–water partition coefficient (Wildman–Crippen LogP) is 3.24. The van der Waals surface area contributed by atoms with Gasteiger partial charge in [-0.2, -0.15) is 18.3 Å². The molecule has 8 heteroatoms. The fourth-order valence-electron chi connectivity index (χ4n) is 1.93. The minimum absolute atomic E-state index is 0.0864. The highest BCUT2D eigenvalue weighted by Crippen LogP contribution is 2.41. The van der Waals surface area contributed by atoms with Gasteiger partial charge >= 0.3 is 6.18 Å². The molecule has 2 rings (SSSR count).